The minimum Gasteiger partial charge on any atom is -0.378 e. The quantitative estimate of drug-likeness (QED) is 0.377. The van der Waals surface area contributed by atoms with E-state index >= 15 is 0 Å². The van der Waals surface area contributed by atoms with E-state index in [-0.39, 0.29) is 11.7 Å². The van der Waals surface area contributed by atoms with Crippen LogP contribution in [0.2, 0.25) is 0 Å². The van der Waals surface area contributed by atoms with Crippen molar-refractivity contribution in [2.75, 3.05) is 26.3 Å². The molecular formula is C26H23FN4O2S. The van der Waals surface area contributed by atoms with Gasteiger partial charge in [-0.3, -0.25) is 9.36 Å². The van der Waals surface area contributed by atoms with Crippen LogP contribution in [0.5, 0.6) is 0 Å². The SMILES string of the molecule is O=C(C(Sc1nnc(-c2ccccc2)n1-c1ccc(F)cc1)c1ccccc1)N1CCOCC1. The molecule has 1 aliphatic heterocycles. The Hall–Kier alpha value is -3.49. The highest BCUT2D eigenvalue weighted by Gasteiger charge is 2.30. The van der Waals surface area contributed by atoms with Gasteiger partial charge in [0.2, 0.25) is 5.91 Å². The molecule has 1 atom stereocenters. The van der Waals surface area contributed by atoms with Crippen molar-refractivity contribution in [3.63, 3.8) is 0 Å². The van der Waals surface area contributed by atoms with Crippen LogP contribution >= 0.6 is 11.8 Å². The van der Waals surface area contributed by atoms with E-state index in [9.17, 15) is 9.18 Å². The Balaban J connectivity index is 1.57. The summed E-state index contributed by atoms with van der Waals surface area (Å²) in [6.07, 6.45) is 0. The third-order valence-electron chi connectivity index (χ3n) is 5.62. The summed E-state index contributed by atoms with van der Waals surface area (Å²) in [6.45, 7) is 2.18. The van der Waals surface area contributed by atoms with Crippen LogP contribution in [-0.4, -0.2) is 51.9 Å². The number of carbonyl (C=O) groups is 1. The molecular weight excluding hydrogens is 451 g/mol. The van der Waals surface area contributed by atoms with E-state index in [4.69, 9.17) is 4.74 Å². The van der Waals surface area contributed by atoms with Gasteiger partial charge in [0.1, 0.15) is 11.1 Å². The molecule has 6 nitrogen and oxygen atoms in total. The molecule has 4 aromatic rings. The Kier molecular flexibility index (Phi) is 6.69. The summed E-state index contributed by atoms with van der Waals surface area (Å²) in [4.78, 5) is 15.5. The molecule has 0 radical (unpaired) electrons. The second-order valence-corrected chi connectivity index (χ2v) is 8.90. The maximum atomic E-state index is 13.7. The van der Waals surface area contributed by atoms with Gasteiger partial charge < -0.3 is 9.64 Å². The van der Waals surface area contributed by atoms with Crippen LogP contribution in [0, 0.1) is 5.82 Å². The van der Waals surface area contributed by atoms with E-state index in [2.05, 4.69) is 10.2 Å². The number of benzene rings is 3. The van der Waals surface area contributed by atoms with E-state index in [1.807, 2.05) is 70.1 Å². The first-order valence-corrected chi connectivity index (χ1v) is 11.9. The molecule has 5 rings (SSSR count). The van der Waals surface area contributed by atoms with Crippen LogP contribution < -0.4 is 0 Å². The van der Waals surface area contributed by atoms with Crippen molar-refractivity contribution in [2.45, 2.75) is 10.4 Å². The van der Waals surface area contributed by atoms with Gasteiger partial charge in [-0.25, -0.2) is 4.39 Å². The first kappa shape index (κ1) is 22.3. The molecule has 1 unspecified atom stereocenters. The Morgan fingerprint density at radius 1 is 0.882 bits per heavy atom. The minimum absolute atomic E-state index is 0.00872. The maximum Gasteiger partial charge on any atom is 0.240 e. The highest BCUT2D eigenvalue weighted by Crippen LogP contribution is 2.38. The van der Waals surface area contributed by atoms with E-state index in [1.165, 1.54) is 23.9 Å². The van der Waals surface area contributed by atoms with Crippen LogP contribution in [0.4, 0.5) is 4.39 Å². The Labute approximate surface area is 201 Å². The van der Waals surface area contributed by atoms with Crippen LogP contribution in [0.1, 0.15) is 10.8 Å². The summed E-state index contributed by atoms with van der Waals surface area (Å²) in [5.41, 5.74) is 2.49. The fourth-order valence-corrected chi connectivity index (χ4v) is 5.03. The number of morpholine rings is 1. The van der Waals surface area contributed by atoms with Crippen LogP contribution in [0.25, 0.3) is 17.1 Å². The smallest absolute Gasteiger partial charge is 0.240 e. The second-order valence-electron chi connectivity index (χ2n) is 7.83. The lowest BCUT2D eigenvalue weighted by atomic mass is 10.1. The number of ether oxygens (including phenoxy) is 1. The number of carbonyl (C=O) groups excluding carboxylic acids is 1. The first-order chi connectivity index (χ1) is 16.7. The lowest BCUT2D eigenvalue weighted by molar-refractivity contribution is -0.134. The van der Waals surface area contributed by atoms with Crippen molar-refractivity contribution in [1.82, 2.24) is 19.7 Å². The summed E-state index contributed by atoms with van der Waals surface area (Å²) in [5.74, 6) is 0.312. The number of thioether (sulfide) groups is 1. The Bertz CT molecular complexity index is 1240. The lowest BCUT2D eigenvalue weighted by Crippen LogP contribution is -2.42. The molecule has 0 spiro atoms. The zero-order chi connectivity index (χ0) is 23.3. The van der Waals surface area contributed by atoms with Gasteiger partial charge in [0.05, 0.1) is 13.2 Å². The third-order valence-corrected chi connectivity index (χ3v) is 6.81. The maximum absolute atomic E-state index is 13.7. The Morgan fingerprint density at radius 2 is 1.53 bits per heavy atom. The van der Waals surface area contributed by atoms with Crippen LogP contribution in [0.3, 0.4) is 0 Å². The second kappa shape index (κ2) is 10.2. The molecule has 1 fully saturated rings. The van der Waals surface area contributed by atoms with E-state index in [0.29, 0.717) is 37.3 Å². The molecule has 0 aliphatic carbocycles. The monoisotopic (exact) mass is 474 g/mol. The van der Waals surface area contributed by atoms with Gasteiger partial charge in [-0.2, -0.15) is 0 Å². The van der Waals surface area contributed by atoms with Gasteiger partial charge in [0.25, 0.3) is 0 Å². The normalized spacial score (nSPS) is 14.7. The zero-order valence-corrected chi connectivity index (χ0v) is 19.2. The molecule has 172 valence electrons. The molecule has 1 saturated heterocycles. The van der Waals surface area contributed by atoms with E-state index < -0.39 is 5.25 Å². The van der Waals surface area contributed by atoms with Gasteiger partial charge in [0, 0.05) is 24.3 Å². The number of amides is 1. The largest absolute Gasteiger partial charge is 0.378 e. The molecule has 1 amide bonds. The molecule has 34 heavy (non-hydrogen) atoms. The molecule has 1 aliphatic rings. The van der Waals surface area contributed by atoms with Gasteiger partial charge in [-0.15, -0.1) is 10.2 Å². The first-order valence-electron chi connectivity index (χ1n) is 11.1. The predicted molar refractivity (Wildman–Crippen MR) is 129 cm³/mol. The van der Waals surface area contributed by atoms with Crippen molar-refractivity contribution >= 4 is 17.7 Å². The molecule has 0 N–H and O–H groups in total. The molecule has 2 heterocycles. The topological polar surface area (TPSA) is 60.2 Å². The Morgan fingerprint density at radius 3 is 2.21 bits per heavy atom. The highest BCUT2D eigenvalue weighted by atomic mass is 32.2. The number of halogens is 1. The number of hydrogen-bond donors (Lipinski definition) is 0. The van der Waals surface area contributed by atoms with Crippen molar-refractivity contribution in [1.29, 1.82) is 0 Å². The summed E-state index contributed by atoms with van der Waals surface area (Å²) in [6, 6.07) is 25.6. The number of hydrogen-bond acceptors (Lipinski definition) is 5. The zero-order valence-electron chi connectivity index (χ0n) is 18.4. The number of rotatable bonds is 6. The standard InChI is InChI=1S/C26H23FN4O2S/c27-21-11-13-22(14-12-21)31-24(20-9-5-2-6-10-20)28-29-26(31)34-23(19-7-3-1-4-8-19)25(32)30-15-17-33-18-16-30/h1-14,23H,15-18H2. The minimum atomic E-state index is -0.508. The van der Waals surface area contributed by atoms with E-state index in [0.717, 1.165) is 16.8 Å². The summed E-state index contributed by atoms with van der Waals surface area (Å²) >= 11 is 1.35. The average Bonchev–Trinajstić information content (AvgIpc) is 3.32. The molecule has 8 heteroatoms. The van der Waals surface area contributed by atoms with Gasteiger partial charge in [-0.1, -0.05) is 72.4 Å². The molecule has 0 bridgehead atoms. The van der Waals surface area contributed by atoms with Crippen molar-refractivity contribution in [2.24, 2.45) is 0 Å². The van der Waals surface area contributed by atoms with Gasteiger partial charge >= 0.3 is 0 Å². The summed E-state index contributed by atoms with van der Waals surface area (Å²) in [5, 5.41) is 8.98. The van der Waals surface area contributed by atoms with Crippen LogP contribution in [-0.2, 0) is 9.53 Å². The summed E-state index contributed by atoms with van der Waals surface area (Å²) < 4.78 is 21.0. The lowest BCUT2D eigenvalue weighted by Gasteiger charge is -2.30. The van der Waals surface area contributed by atoms with Crippen molar-refractivity contribution < 1.29 is 13.9 Å². The van der Waals surface area contributed by atoms with Crippen LogP contribution in [0.15, 0.2) is 90.1 Å². The van der Waals surface area contributed by atoms with E-state index in [1.54, 1.807) is 12.1 Å². The highest BCUT2D eigenvalue weighted by molar-refractivity contribution is 8.00. The summed E-state index contributed by atoms with van der Waals surface area (Å²) in [7, 11) is 0. The molecule has 1 aromatic heterocycles. The van der Waals surface area contributed by atoms with Gasteiger partial charge in [0.15, 0.2) is 11.0 Å². The molecule has 0 saturated carbocycles. The molecule has 3 aromatic carbocycles. The van der Waals surface area contributed by atoms with Crippen molar-refractivity contribution in [3.8, 4) is 17.1 Å². The fraction of sp³-hybridized carbons (Fsp3) is 0.192. The van der Waals surface area contributed by atoms with Gasteiger partial charge in [-0.05, 0) is 29.8 Å². The average molecular weight is 475 g/mol. The predicted octanol–water partition coefficient (Wildman–Crippen LogP) is 4.77. The number of nitrogens with zero attached hydrogens (tertiary/aromatic N) is 4. The van der Waals surface area contributed by atoms with Crippen molar-refractivity contribution in [3.05, 3.63) is 96.3 Å². The number of aromatic nitrogens is 3. The third kappa shape index (κ3) is 4.73. The fourth-order valence-electron chi connectivity index (χ4n) is 3.89.